The Bertz CT molecular complexity index is 439. The Morgan fingerprint density at radius 1 is 1.33 bits per heavy atom. The molecule has 1 aliphatic rings. The Kier molecular flexibility index (Phi) is 4.63. The van der Waals surface area contributed by atoms with Crippen LogP contribution in [0.25, 0.3) is 0 Å². The van der Waals surface area contributed by atoms with Crippen LogP contribution in [-0.2, 0) is 0 Å². The van der Waals surface area contributed by atoms with E-state index in [0.29, 0.717) is 11.3 Å². The minimum atomic E-state index is -0.0336. The molecule has 0 radical (unpaired) electrons. The summed E-state index contributed by atoms with van der Waals surface area (Å²) in [6.45, 7) is 4.06. The van der Waals surface area contributed by atoms with Gasteiger partial charge in [-0.1, -0.05) is 18.9 Å². The first-order valence-electron chi connectivity index (χ1n) is 6.19. The SMILES string of the molecule is Cc1ccc(N)cc1C(=O)NC1(C)CCCC1.Cl. The lowest BCUT2D eigenvalue weighted by molar-refractivity contribution is 0.0907. The van der Waals surface area contributed by atoms with E-state index in [-0.39, 0.29) is 23.9 Å². The molecule has 0 atom stereocenters. The monoisotopic (exact) mass is 268 g/mol. The molecule has 3 N–H and O–H groups in total. The van der Waals surface area contributed by atoms with Gasteiger partial charge in [-0.25, -0.2) is 0 Å². The van der Waals surface area contributed by atoms with Crippen LogP contribution in [0.3, 0.4) is 0 Å². The lowest BCUT2D eigenvalue weighted by Gasteiger charge is -2.25. The van der Waals surface area contributed by atoms with E-state index in [0.717, 1.165) is 18.4 Å². The average Bonchev–Trinajstić information content (AvgIpc) is 2.68. The summed E-state index contributed by atoms with van der Waals surface area (Å²) >= 11 is 0. The molecule has 100 valence electrons. The van der Waals surface area contributed by atoms with Gasteiger partial charge in [-0.05, 0) is 44.4 Å². The van der Waals surface area contributed by atoms with Crippen LogP contribution in [0.1, 0.15) is 48.5 Å². The standard InChI is InChI=1S/C14H20N2O.ClH/c1-10-5-6-11(15)9-12(10)13(17)16-14(2)7-3-4-8-14;/h5-6,9H,3-4,7-8,15H2,1-2H3,(H,16,17);1H. The minimum absolute atomic E-state index is 0. The van der Waals surface area contributed by atoms with E-state index in [2.05, 4.69) is 12.2 Å². The number of amides is 1. The van der Waals surface area contributed by atoms with Crippen LogP contribution >= 0.6 is 12.4 Å². The zero-order valence-electron chi connectivity index (χ0n) is 11.0. The highest BCUT2D eigenvalue weighted by atomic mass is 35.5. The first-order valence-corrected chi connectivity index (χ1v) is 6.19. The molecule has 1 aromatic carbocycles. The van der Waals surface area contributed by atoms with Gasteiger partial charge in [0, 0.05) is 16.8 Å². The van der Waals surface area contributed by atoms with Crippen molar-refractivity contribution in [1.29, 1.82) is 0 Å². The molecule has 0 spiro atoms. The van der Waals surface area contributed by atoms with E-state index in [4.69, 9.17) is 5.73 Å². The number of benzene rings is 1. The highest BCUT2D eigenvalue weighted by Crippen LogP contribution is 2.29. The Morgan fingerprint density at radius 2 is 1.94 bits per heavy atom. The lowest BCUT2D eigenvalue weighted by atomic mass is 9.99. The van der Waals surface area contributed by atoms with Gasteiger partial charge in [0.05, 0.1) is 0 Å². The molecule has 0 heterocycles. The number of halogens is 1. The van der Waals surface area contributed by atoms with Gasteiger partial charge >= 0.3 is 0 Å². The number of nitrogens with two attached hydrogens (primary N) is 1. The smallest absolute Gasteiger partial charge is 0.252 e. The van der Waals surface area contributed by atoms with Gasteiger partial charge in [-0.2, -0.15) is 0 Å². The molecular weight excluding hydrogens is 248 g/mol. The Balaban J connectivity index is 0.00000162. The van der Waals surface area contributed by atoms with Crippen molar-refractivity contribution in [3.05, 3.63) is 29.3 Å². The van der Waals surface area contributed by atoms with Crippen LogP contribution in [0.4, 0.5) is 5.69 Å². The van der Waals surface area contributed by atoms with Gasteiger partial charge < -0.3 is 11.1 Å². The number of nitrogens with one attached hydrogen (secondary N) is 1. The van der Waals surface area contributed by atoms with Crippen molar-refractivity contribution >= 4 is 24.0 Å². The lowest BCUT2D eigenvalue weighted by Crippen LogP contribution is -2.43. The minimum Gasteiger partial charge on any atom is -0.399 e. The van der Waals surface area contributed by atoms with Gasteiger partial charge in [0.1, 0.15) is 0 Å². The maximum absolute atomic E-state index is 12.2. The van der Waals surface area contributed by atoms with Crippen molar-refractivity contribution < 1.29 is 4.79 Å². The first kappa shape index (κ1) is 14.8. The quantitative estimate of drug-likeness (QED) is 0.810. The highest BCUT2D eigenvalue weighted by molar-refractivity contribution is 5.96. The van der Waals surface area contributed by atoms with E-state index in [1.165, 1.54) is 12.8 Å². The van der Waals surface area contributed by atoms with Crippen LogP contribution in [0.5, 0.6) is 0 Å². The summed E-state index contributed by atoms with van der Waals surface area (Å²) in [4.78, 5) is 12.2. The number of rotatable bonds is 2. The van der Waals surface area contributed by atoms with E-state index in [1.807, 2.05) is 19.1 Å². The molecule has 3 nitrogen and oxygen atoms in total. The Hall–Kier alpha value is -1.22. The molecule has 1 fully saturated rings. The van der Waals surface area contributed by atoms with Gasteiger partial charge in [0.15, 0.2) is 0 Å². The van der Waals surface area contributed by atoms with Crippen LogP contribution in [0, 0.1) is 6.92 Å². The number of anilines is 1. The zero-order valence-corrected chi connectivity index (χ0v) is 11.8. The third kappa shape index (κ3) is 3.16. The fourth-order valence-electron chi connectivity index (χ4n) is 2.51. The van der Waals surface area contributed by atoms with Crippen LogP contribution in [-0.4, -0.2) is 11.4 Å². The second kappa shape index (κ2) is 5.61. The van der Waals surface area contributed by atoms with Crippen molar-refractivity contribution in [2.45, 2.75) is 45.1 Å². The van der Waals surface area contributed by atoms with Crippen LogP contribution in [0.15, 0.2) is 18.2 Å². The van der Waals surface area contributed by atoms with Crippen molar-refractivity contribution in [1.82, 2.24) is 5.32 Å². The van der Waals surface area contributed by atoms with Crippen LogP contribution in [0.2, 0.25) is 0 Å². The largest absolute Gasteiger partial charge is 0.399 e. The number of nitrogen functional groups attached to an aromatic ring is 1. The van der Waals surface area contributed by atoms with E-state index in [9.17, 15) is 4.79 Å². The van der Waals surface area contributed by atoms with Crippen molar-refractivity contribution in [2.24, 2.45) is 0 Å². The van der Waals surface area contributed by atoms with Gasteiger partial charge in [-0.15, -0.1) is 12.4 Å². The number of aryl methyl sites for hydroxylation is 1. The van der Waals surface area contributed by atoms with E-state index in [1.54, 1.807) is 6.07 Å². The zero-order chi connectivity index (χ0) is 12.5. The number of carbonyl (C=O) groups excluding carboxylic acids is 1. The highest BCUT2D eigenvalue weighted by Gasteiger charge is 2.30. The molecule has 4 heteroatoms. The fourth-order valence-corrected chi connectivity index (χ4v) is 2.51. The third-order valence-electron chi connectivity index (χ3n) is 3.63. The molecule has 0 saturated heterocycles. The number of hydrogen-bond donors (Lipinski definition) is 2. The summed E-state index contributed by atoms with van der Waals surface area (Å²) < 4.78 is 0. The molecule has 1 aromatic rings. The topological polar surface area (TPSA) is 55.1 Å². The van der Waals surface area contributed by atoms with E-state index >= 15 is 0 Å². The summed E-state index contributed by atoms with van der Waals surface area (Å²) in [5.41, 5.74) is 7.99. The number of carbonyl (C=O) groups is 1. The second-order valence-electron chi connectivity index (χ2n) is 5.30. The molecule has 1 saturated carbocycles. The molecule has 0 bridgehead atoms. The van der Waals surface area contributed by atoms with Crippen LogP contribution < -0.4 is 11.1 Å². The summed E-state index contributed by atoms with van der Waals surface area (Å²) in [5, 5.41) is 3.15. The summed E-state index contributed by atoms with van der Waals surface area (Å²) in [6.07, 6.45) is 4.54. The second-order valence-corrected chi connectivity index (χ2v) is 5.30. The van der Waals surface area contributed by atoms with Crippen molar-refractivity contribution in [3.63, 3.8) is 0 Å². The molecular formula is C14H21ClN2O. The number of hydrogen-bond acceptors (Lipinski definition) is 2. The molecule has 1 aliphatic carbocycles. The van der Waals surface area contributed by atoms with Crippen molar-refractivity contribution in [2.75, 3.05) is 5.73 Å². The first-order chi connectivity index (χ1) is 8.00. The summed E-state index contributed by atoms with van der Waals surface area (Å²) in [6, 6.07) is 5.47. The predicted molar refractivity (Wildman–Crippen MR) is 77.2 cm³/mol. The van der Waals surface area contributed by atoms with Gasteiger partial charge in [0.25, 0.3) is 5.91 Å². The average molecular weight is 269 g/mol. The van der Waals surface area contributed by atoms with Crippen molar-refractivity contribution in [3.8, 4) is 0 Å². The summed E-state index contributed by atoms with van der Waals surface area (Å²) in [7, 11) is 0. The molecule has 0 unspecified atom stereocenters. The molecule has 0 aliphatic heterocycles. The van der Waals surface area contributed by atoms with Gasteiger partial charge in [0.2, 0.25) is 0 Å². The maximum Gasteiger partial charge on any atom is 0.252 e. The molecule has 0 aromatic heterocycles. The fraction of sp³-hybridized carbons (Fsp3) is 0.500. The Labute approximate surface area is 115 Å². The molecule has 2 rings (SSSR count). The van der Waals surface area contributed by atoms with Gasteiger partial charge in [-0.3, -0.25) is 4.79 Å². The maximum atomic E-state index is 12.2. The van der Waals surface area contributed by atoms with E-state index < -0.39 is 0 Å². The predicted octanol–water partition coefficient (Wildman–Crippen LogP) is 3.06. The normalized spacial score (nSPS) is 17.0. The third-order valence-corrected chi connectivity index (χ3v) is 3.63. The Morgan fingerprint density at radius 3 is 2.56 bits per heavy atom. The molecule has 1 amide bonds. The summed E-state index contributed by atoms with van der Waals surface area (Å²) in [5.74, 6) is -0.000741. The molecule has 18 heavy (non-hydrogen) atoms.